The molecule has 1 aliphatic rings. The van der Waals surface area contributed by atoms with Gasteiger partial charge in [-0.25, -0.2) is 8.42 Å². The van der Waals surface area contributed by atoms with Gasteiger partial charge in [-0.05, 0) is 23.7 Å². The van der Waals surface area contributed by atoms with E-state index in [9.17, 15) is 8.42 Å². The van der Waals surface area contributed by atoms with E-state index in [0.29, 0.717) is 32.0 Å². The molecule has 8 heteroatoms. The highest BCUT2D eigenvalue weighted by molar-refractivity contribution is 7.91. The maximum atomic E-state index is 11.9. The van der Waals surface area contributed by atoms with Crippen LogP contribution in [0.5, 0.6) is 0 Å². The number of sulfone groups is 1. The van der Waals surface area contributed by atoms with E-state index in [1.54, 1.807) is 19.1 Å². The van der Waals surface area contributed by atoms with Gasteiger partial charge in [-0.15, -0.1) is 0 Å². The van der Waals surface area contributed by atoms with Crippen molar-refractivity contribution in [3.8, 4) is 0 Å². The minimum absolute atomic E-state index is 0.0135. The SMILES string of the molecule is CCS(=O)(=O)c1ccc(N2CCOCC2)c(N=[N+]=[N-])c1. The van der Waals surface area contributed by atoms with Crippen LogP contribution in [0, 0.1) is 0 Å². The molecule has 0 amide bonds. The van der Waals surface area contributed by atoms with E-state index in [-0.39, 0.29) is 10.6 Å². The van der Waals surface area contributed by atoms with Crippen LogP contribution in [0.15, 0.2) is 28.2 Å². The minimum atomic E-state index is -3.31. The lowest BCUT2D eigenvalue weighted by Crippen LogP contribution is -2.36. The van der Waals surface area contributed by atoms with Gasteiger partial charge in [0.1, 0.15) is 0 Å². The third-order valence-electron chi connectivity index (χ3n) is 3.19. The molecule has 108 valence electrons. The average molecular weight is 296 g/mol. The standard InChI is InChI=1S/C12H16N4O3S/c1-2-20(17,18)10-3-4-12(11(9-10)14-15-13)16-5-7-19-8-6-16/h3-4,9H,2,5-8H2,1H3. The number of hydrogen-bond donors (Lipinski definition) is 0. The molecule has 0 bridgehead atoms. The largest absolute Gasteiger partial charge is 0.378 e. The third kappa shape index (κ3) is 3.04. The second-order valence-electron chi connectivity index (χ2n) is 4.34. The Hall–Kier alpha value is -1.76. The van der Waals surface area contributed by atoms with Gasteiger partial charge in [0.2, 0.25) is 0 Å². The molecule has 0 saturated carbocycles. The summed E-state index contributed by atoms with van der Waals surface area (Å²) >= 11 is 0. The van der Waals surface area contributed by atoms with Crippen LogP contribution in [0.4, 0.5) is 11.4 Å². The van der Waals surface area contributed by atoms with Crippen molar-refractivity contribution in [3.63, 3.8) is 0 Å². The van der Waals surface area contributed by atoms with Gasteiger partial charge in [-0.2, -0.15) is 0 Å². The summed E-state index contributed by atoms with van der Waals surface area (Å²) in [6.07, 6.45) is 0. The van der Waals surface area contributed by atoms with Gasteiger partial charge in [0.25, 0.3) is 0 Å². The number of benzene rings is 1. The van der Waals surface area contributed by atoms with E-state index in [0.717, 1.165) is 5.69 Å². The second-order valence-corrected chi connectivity index (χ2v) is 6.62. The predicted molar refractivity (Wildman–Crippen MR) is 76.0 cm³/mol. The van der Waals surface area contributed by atoms with Crippen LogP contribution >= 0.6 is 0 Å². The number of ether oxygens (including phenoxy) is 1. The summed E-state index contributed by atoms with van der Waals surface area (Å²) < 4.78 is 29.0. The van der Waals surface area contributed by atoms with Crippen molar-refractivity contribution in [1.29, 1.82) is 0 Å². The molecule has 1 aromatic rings. The maximum absolute atomic E-state index is 11.9. The quantitative estimate of drug-likeness (QED) is 0.483. The molecule has 0 radical (unpaired) electrons. The van der Waals surface area contributed by atoms with Gasteiger partial charge in [0.15, 0.2) is 9.84 Å². The molecule has 20 heavy (non-hydrogen) atoms. The minimum Gasteiger partial charge on any atom is -0.378 e. The third-order valence-corrected chi connectivity index (χ3v) is 4.92. The van der Waals surface area contributed by atoms with E-state index in [4.69, 9.17) is 10.3 Å². The zero-order valence-corrected chi connectivity index (χ0v) is 12.0. The Morgan fingerprint density at radius 3 is 2.70 bits per heavy atom. The Bertz CT molecular complexity index is 632. The van der Waals surface area contributed by atoms with Gasteiger partial charge >= 0.3 is 0 Å². The number of anilines is 1. The number of azide groups is 1. The molecular formula is C12H16N4O3S. The summed E-state index contributed by atoms with van der Waals surface area (Å²) in [5.74, 6) is 0.0135. The Morgan fingerprint density at radius 1 is 1.40 bits per heavy atom. The highest BCUT2D eigenvalue weighted by atomic mass is 32.2. The van der Waals surface area contributed by atoms with Crippen LogP contribution in [-0.2, 0) is 14.6 Å². The summed E-state index contributed by atoms with van der Waals surface area (Å²) in [6, 6.07) is 4.68. The summed E-state index contributed by atoms with van der Waals surface area (Å²) in [7, 11) is -3.31. The van der Waals surface area contributed by atoms with E-state index in [1.807, 2.05) is 4.90 Å². The Morgan fingerprint density at radius 2 is 2.10 bits per heavy atom. The first kappa shape index (κ1) is 14.6. The fourth-order valence-corrected chi connectivity index (χ4v) is 2.96. The molecule has 2 rings (SSSR count). The number of rotatable bonds is 4. The highest BCUT2D eigenvalue weighted by Gasteiger charge is 2.18. The Kier molecular flexibility index (Phi) is 4.49. The van der Waals surface area contributed by atoms with Crippen molar-refractivity contribution in [1.82, 2.24) is 0 Å². The zero-order chi connectivity index (χ0) is 14.6. The summed E-state index contributed by atoms with van der Waals surface area (Å²) in [6.45, 7) is 4.16. The van der Waals surface area contributed by atoms with Crippen molar-refractivity contribution in [2.75, 3.05) is 37.0 Å². The maximum Gasteiger partial charge on any atom is 0.178 e. The van der Waals surface area contributed by atoms with E-state index in [1.165, 1.54) is 6.07 Å². The molecule has 0 spiro atoms. The molecule has 0 unspecified atom stereocenters. The lowest BCUT2D eigenvalue weighted by Gasteiger charge is -2.30. The average Bonchev–Trinajstić information content (AvgIpc) is 2.48. The van der Waals surface area contributed by atoms with Crippen molar-refractivity contribution < 1.29 is 13.2 Å². The van der Waals surface area contributed by atoms with E-state index >= 15 is 0 Å². The van der Waals surface area contributed by atoms with E-state index < -0.39 is 9.84 Å². The van der Waals surface area contributed by atoms with Crippen molar-refractivity contribution in [2.24, 2.45) is 5.11 Å². The first-order chi connectivity index (χ1) is 9.58. The highest BCUT2D eigenvalue weighted by Crippen LogP contribution is 2.32. The molecule has 1 aromatic carbocycles. The summed E-state index contributed by atoms with van der Waals surface area (Å²) in [4.78, 5) is 4.99. The zero-order valence-electron chi connectivity index (χ0n) is 11.2. The first-order valence-electron chi connectivity index (χ1n) is 6.33. The van der Waals surface area contributed by atoms with Crippen molar-refractivity contribution in [2.45, 2.75) is 11.8 Å². The summed E-state index contributed by atoms with van der Waals surface area (Å²) in [5, 5.41) is 3.62. The lowest BCUT2D eigenvalue weighted by molar-refractivity contribution is 0.123. The number of morpholine rings is 1. The molecule has 0 N–H and O–H groups in total. The van der Waals surface area contributed by atoms with Gasteiger partial charge in [-0.3, -0.25) is 0 Å². The molecule has 1 aliphatic heterocycles. The molecule has 1 saturated heterocycles. The Labute approximate surface area is 117 Å². The molecule has 1 heterocycles. The van der Waals surface area contributed by atoms with Crippen LogP contribution in [0.1, 0.15) is 6.92 Å². The van der Waals surface area contributed by atoms with Crippen LogP contribution in [-0.4, -0.2) is 40.5 Å². The Balaban J connectivity index is 2.45. The molecule has 0 atom stereocenters. The topological polar surface area (TPSA) is 95.4 Å². The molecular weight excluding hydrogens is 280 g/mol. The normalized spacial score (nSPS) is 15.8. The van der Waals surface area contributed by atoms with Gasteiger partial charge in [-0.1, -0.05) is 12.0 Å². The molecule has 7 nitrogen and oxygen atoms in total. The van der Waals surface area contributed by atoms with Gasteiger partial charge < -0.3 is 9.64 Å². The van der Waals surface area contributed by atoms with Crippen LogP contribution < -0.4 is 4.90 Å². The van der Waals surface area contributed by atoms with Crippen molar-refractivity contribution >= 4 is 21.2 Å². The fraction of sp³-hybridized carbons (Fsp3) is 0.500. The van der Waals surface area contributed by atoms with Gasteiger partial charge in [0.05, 0.1) is 29.5 Å². The molecule has 0 aliphatic carbocycles. The smallest absolute Gasteiger partial charge is 0.178 e. The fourth-order valence-electron chi connectivity index (χ4n) is 2.06. The number of hydrogen-bond acceptors (Lipinski definition) is 5. The lowest BCUT2D eigenvalue weighted by atomic mass is 10.2. The monoisotopic (exact) mass is 296 g/mol. The van der Waals surface area contributed by atoms with Crippen LogP contribution in [0.25, 0.3) is 10.4 Å². The van der Waals surface area contributed by atoms with E-state index in [2.05, 4.69) is 10.0 Å². The second kappa shape index (κ2) is 6.13. The van der Waals surface area contributed by atoms with Crippen LogP contribution in [0.2, 0.25) is 0 Å². The predicted octanol–water partition coefficient (Wildman–Crippen LogP) is 2.26. The van der Waals surface area contributed by atoms with Gasteiger partial charge in [0, 0.05) is 23.7 Å². The molecule has 0 aromatic heterocycles. The summed E-state index contributed by atoms with van der Waals surface area (Å²) in [5.41, 5.74) is 9.73. The molecule has 1 fully saturated rings. The van der Waals surface area contributed by atoms with Crippen LogP contribution in [0.3, 0.4) is 0 Å². The first-order valence-corrected chi connectivity index (χ1v) is 7.98. The van der Waals surface area contributed by atoms with Crippen molar-refractivity contribution in [3.05, 3.63) is 28.6 Å². The number of nitrogens with zero attached hydrogens (tertiary/aromatic N) is 4.